The largest absolute Gasteiger partial charge is 0.459 e. The first-order valence-corrected chi connectivity index (χ1v) is 13.4. The van der Waals surface area contributed by atoms with Crippen molar-refractivity contribution in [3.8, 4) is 0 Å². The van der Waals surface area contributed by atoms with E-state index in [2.05, 4.69) is 0 Å². The number of aromatic nitrogens is 1. The molecule has 6 nitrogen and oxygen atoms in total. The molecule has 2 aliphatic rings. The Balaban J connectivity index is 1.55. The highest BCUT2D eigenvalue weighted by molar-refractivity contribution is 7.92. The van der Waals surface area contributed by atoms with E-state index in [1.807, 2.05) is 11.9 Å². The monoisotopic (exact) mass is 547 g/mol. The molecule has 1 aromatic carbocycles. The van der Waals surface area contributed by atoms with Crippen LogP contribution < -0.4 is 0 Å². The number of sulfone groups is 1. The Bertz CT molecular complexity index is 1290. The zero-order chi connectivity index (χ0) is 27.6. The number of likely N-dealkylation sites (tertiary alicyclic amines) is 1. The van der Waals surface area contributed by atoms with Crippen LogP contribution in [0.2, 0.25) is 0 Å². The zero-order valence-electron chi connectivity index (χ0n) is 21.1. The minimum atomic E-state index is -5.70. The number of fused-ring (bicyclic) bond motifs is 2. The van der Waals surface area contributed by atoms with Gasteiger partial charge in [-0.3, -0.25) is 9.69 Å². The van der Waals surface area contributed by atoms with Crippen molar-refractivity contribution in [1.29, 1.82) is 0 Å². The standard InChI is InChI=1S/C25H30F5N3O3S/c1-22(2,3)37(35,36)18-7-5-17(6-8-18)21(34)32-13-11-23(12-14-32)19-9-10-20(24(26,27)25(28,29)30)33(19)16-15-31(23)4/h5-10H,11-16H2,1-4H3. The number of hydrogen-bond donors (Lipinski definition) is 0. The number of halogens is 5. The minimum Gasteiger partial charge on any atom is -0.340 e. The lowest BCUT2D eigenvalue weighted by Crippen LogP contribution is -2.57. The molecule has 0 saturated carbocycles. The molecule has 1 amide bonds. The number of carbonyl (C=O) groups excluding carboxylic acids is 1. The van der Waals surface area contributed by atoms with Gasteiger partial charge < -0.3 is 9.47 Å². The number of carbonyl (C=O) groups is 1. The van der Waals surface area contributed by atoms with Gasteiger partial charge in [0.05, 0.1) is 20.9 Å². The van der Waals surface area contributed by atoms with E-state index < -0.39 is 37.9 Å². The molecule has 2 aromatic rings. The molecule has 0 unspecified atom stereocenters. The van der Waals surface area contributed by atoms with Gasteiger partial charge in [-0.15, -0.1) is 0 Å². The maximum Gasteiger partial charge on any atom is 0.459 e. The van der Waals surface area contributed by atoms with Crippen LogP contribution in [-0.4, -0.2) is 66.3 Å². The van der Waals surface area contributed by atoms with Crippen molar-refractivity contribution in [2.75, 3.05) is 26.7 Å². The molecule has 1 spiro atoms. The predicted molar refractivity (Wildman–Crippen MR) is 127 cm³/mol. The first-order valence-electron chi connectivity index (χ1n) is 11.9. The van der Waals surface area contributed by atoms with E-state index in [0.29, 0.717) is 30.6 Å². The normalized spacial score (nSPS) is 19.2. The second kappa shape index (κ2) is 8.79. The summed E-state index contributed by atoms with van der Waals surface area (Å²) in [5.74, 6) is -5.27. The summed E-state index contributed by atoms with van der Waals surface area (Å²) in [6.07, 6.45) is -4.99. The minimum absolute atomic E-state index is 0.00799. The van der Waals surface area contributed by atoms with E-state index in [9.17, 15) is 35.2 Å². The number of likely N-dealkylation sites (N-methyl/N-ethyl adjacent to an activating group) is 1. The fraction of sp³-hybridized carbons (Fsp3) is 0.560. The Morgan fingerprint density at radius 3 is 1.95 bits per heavy atom. The van der Waals surface area contributed by atoms with Gasteiger partial charge in [0.2, 0.25) is 0 Å². The lowest BCUT2D eigenvalue weighted by Gasteiger charge is -2.50. The molecule has 12 heteroatoms. The summed E-state index contributed by atoms with van der Waals surface area (Å²) in [4.78, 5) is 16.8. The fourth-order valence-corrected chi connectivity index (χ4v) is 6.43. The quantitative estimate of drug-likeness (QED) is 0.519. The van der Waals surface area contributed by atoms with E-state index in [0.717, 1.165) is 10.6 Å². The van der Waals surface area contributed by atoms with E-state index >= 15 is 0 Å². The third-order valence-electron chi connectivity index (χ3n) is 7.62. The SMILES string of the molecule is CN1CCn2c(ccc2C(F)(F)C(F)(F)F)C12CCN(C(=O)c1ccc(S(=O)(=O)C(C)(C)C)cc1)CC2. The van der Waals surface area contributed by atoms with Gasteiger partial charge in [-0.05, 0) is 77.1 Å². The topological polar surface area (TPSA) is 62.6 Å². The first kappa shape index (κ1) is 27.6. The number of piperidine rings is 1. The number of nitrogens with zero attached hydrogens (tertiary/aromatic N) is 3. The third kappa shape index (κ3) is 4.35. The molecule has 0 radical (unpaired) electrons. The smallest absolute Gasteiger partial charge is 0.340 e. The van der Waals surface area contributed by atoms with E-state index in [-0.39, 0.29) is 30.4 Å². The van der Waals surface area contributed by atoms with Crippen molar-refractivity contribution in [2.24, 2.45) is 0 Å². The molecule has 0 N–H and O–H groups in total. The van der Waals surface area contributed by atoms with Gasteiger partial charge in [0, 0.05) is 37.4 Å². The average Bonchev–Trinajstić information content (AvgIpc) is 3.26. The van der Waals surface area contributed by atoms with Gasteiger partial charge >= 0.3 is 12.1 Å². The summed E-state index contributed by atoms with van der Waals surface area (Å²) in [6.45, 7) is 5.61. The zero-order valence-corrected chi connectivity index (χ0v) is 21.9. The average molecular weight is 548 g/mol. The Kier molecular flexibility index (Phi) is 6.55. The second-order valence-corrected chi connectivity index (χ2v) is 13.4. The molecule has 1 fully saturated rings. The van der Waals surface area contributed by atoms with Crippen LogP contribution in [0.5, 0.6) is 0 Å². The lowest BCUT2D eigenvalue weighted by atomic mass is 9.81. The molecule has 1 aromatic heterocycles. The molecule has 4 rings (SSSR count). The molecule has 2 aliphatic heterocycles. The number of benzene rings is 1. The van der Waals surface area contributed by atoms with Gasteiger partial charge in [-0.2, -0.15) is 22.0 Å². The summed E-state index contributed by atoms with van der Waals surface area (Å²) < 4.78 is 93.0. The molecule has 37 heavy (non-hydrogen) atoms. The van der Waals surface area contributed by atoms with Crippen molar-refractivity contribution in [1.82, 2.24) is 14.4 Å². The van der Waals surface area contributed by atoms with Crippen LogP contribution in [0.25, 0.3) is 0 Å². The van der Waals surface area contributed by atoms with Crippen LogP contribution in [-0.2, 0) is 27.8 Å². The van der Waals surface area contributed by atoms with Crippen molar-refractivity contribution in [3.05, 3.63) is 53.3 Å². The van der Waals surface area contributed by atoms with Crippen LogP contribution in [0.4, 0.5) is 22.0 Å². The Hall–Kier alpha value is -2.47. The highest BCUT2D eigenvalue weighted by Crippen LogP contribution is 2.48. The predicted octanol–water partition coefficient (Wildman–Crippen LogP) is 4.79. The summed E-state index contributed by atoms with van der Waals surface area (Å²) >= 11 is 0. The van der Waals surface area contributed by atoms with Crippen LogP contribution in [0.15, 0.2) is 41.3 Å². The second-order valence-electron chi connectivity index (χ2n) is 10.7. The lowest BCUT2D eigenvalue weighted by molar-refractivity contribution is -0.292. The maximum atomic E-state index is 14.2. The number of hydrogen-bond acceptors (Lipinski definition) is 4. The molecule has 3 heterocycles. The fourth-order valence-electron chi connectivity index (χ4n) is 5.22. The Labute approximate surface area is 213 Å². The van der Waals surface area contributed by atoms with Crippen LogP contribution in [0.1, 0.15) is 55.4 Å². The van der Waals surface area contributed by atoms with Gasteiger partial charge in [-0.1, -0.05) is 0 Å². The molecule has 0 aliphatic carbocycles. The van der Waals surface area contributed by atoms with Gasteiger partial charge in [0.25, 0.3) is 5.91 Å². The van der Waals surface area contributed by atoms with E-state index in [1.165, 1.54) is 30.3 Å². The highest BCUT2D eigenvalue weighted by atomic mass is 32.2. The van der Waals surface area contributed by atoms with Crippen LogP contribution >= 0.6 is 0 Å². The Morgan fingerprint density at radius 1 is 0.865 bits per heavy atom. The van der Waals surface area contributed by atoms with Crippen molar-refractivity contribution < 1.29 is 35.2 Å². The molecule has 0 atom stereocenters. The Morgan fingerprint density at radius 2 is 1.43 bits per heavy atom. The van der Waals surface area contributed by atoms with Crippen molar-refractivity contribution in [3.63, 3.8) is 0 Å². The van der Waals surface area contributed by atoms with E-state index in [4.69, 9.17) is 0 Å². The molecular weight excluding hydrogens is 517 g/mol. The molecule has 204 valence electrons. The summed E-state index contributed by atoms with van der Waals surface area (Å²) in [7, 11) is -1.76. The highest BCUT2D eigenvalue weighted by Gasteiger charge is 2.61. The van der Waals surface area contributed by atoms with Crippen LogP contribution in [0.3, 0.4) is 0 Å². The van der Waals surface area contributed by atoms with Gasteiger partial charge in [0.15, 0.2) is 9.84 Å². The van der Waals surface area contributed by atoms with Crippen molar-refractivity contribution in [2.45, 2.75) is 67.4 Å². The van der Waals surface area contributed by atoms with Gasteiger partial charge in [0.1, 0.15) is 0 Å². The third-order valence-corrected chi connectivity index (χ3v) is 10.1. The van der Waals surface area contributed by atoms with E-state index in [1.54, 1.807) is 25.7 Å². The van der Waals surface area contributed by atoms with Gasteiger partial charge in [-0.25, -0.2) is 8.42 Å². The number of amides is 1. The molecule has 1 saturated heterocycles. The summed E-state index contributed by atoms with van der Waals surface area (Å²) in [6, 6.07) is 7.95. The molecular formula is C25H30F5N3O3S. The number of alkyl halides is 5. The summed E-state index contributed by atoms with van der Waals surface area (Å²) in [5, 5.41) is 0. The maximum absolute atomic E-state index is 14.2. The summed E-state index contributed by atoms with van der Waals surface area (Å²) in [5.41, 5.74) is -1.13. The number of rotatable bonds is 3. The first-order chi connectivity index (χ1) is 16.9. The van der Waals surface area contributed by atoms with Crippen LogP contribution in [0, 0.1) is 0 Å². The molecule has 0 bridgehead atoms. The van der Waals surface area contributed by atoms with Crippen molar-refractivity contribution >= 4 is 15.7 Å².